The molecule has 5 heteroatoms. The Bertz CT molecular complexity index is 523. The summed E-state index contributed by atoms with van der Waals surface area (Å²) in [5.74, 6) is 0.0513. The molecule has 0 bridgehead atoms. The van der Waals surface area contributed by atoms with Gasteiger partial charge in [-0.1, -0.05) is 41.9 Å². The van der Waals surface area contributed by atoms with Crippen LogP contribution in [0.25, 0.3) is 0 Å². The fourth-order valence-corrected chi connectivity index (χ4v) is 2.47. The predicted molar refractivity (Wildman–Crippen MR) is 82.7 cm³/mol. The molecule has 1 aliphatic heterocycles. The minimum atomic E-state index is -0.433. The minimum Gasteiger partial charge on any atom is -0.383 e. The number of carbonyl (C=O) groups is 1. The molecule has 0 radical (unpaired) electrons. The van der Waals surface area contributed by atoms with Gasteiger partial charge in [-0.25, -0.2) is 5.01 Å². The monoisotopic (exact) mass is 338 g/mol. The van der Waals surface area contributed by atoms with Crippen LogP contribution in [-0.4, -0.2) is 36.9 Å². The van der Waals surface area contributed by atoms with Crippen LogP contribution in [0.2, 0.25) is 0 Å². The van der Waals surface area contributed by atoms with Gasteiger partial charge in [-0.3, -0.25) is 4.79 Å². The highest BCUT2D eigenvalue weighted by Gasteiger charge is 2.37. The van der Waals surface area contributed by atoms with Gasteiger partial charge in [-0.15, -0.1) is 0 Å². The van der Waals surface area contributed by atoms with Gasteiger partial charge in [0.05, 0.1) is 24.3 Å². The molecule has 0 aromatic heterocycles. The van der Waals surface area contributed by atoms with E-state index in [0.29, 0.717) is 19.6 Å². The molecule has 1 aromatic rings. The minimum absolute atomic E-state index is 0.0513. The normalized spacial score (nSPS) is 18.1. The summed E-state index contributed by atoms with van der Waals surface area (Å²) in [4.78, 5) is 12.3. The molecule has 108 valence electrons. The highest BCUT2D eigenvalue weighted by molar-refractivity contribution is 9.10. The van der Waals surface area contributed by atoms with Crippen LogP contribution in [0.3, 0.4) is 0 Å². The second kappa shape index (κ2) is 6.06. The van der Waals surface area contributed by atoms with E-state index < -0.39 is 5.41 Å². The number of carbonyl (C=O) groups excluding carboxylic acids is 1. The first-order valence-corrected chi connectivity index (χ1v) is 7.37. The van der Waals surface area contributed by atoms with Crippen molar-refractivity contribution in [1.82, 2.24) is 5.01 Å². The lowest BCUT2D eigenvalue weighted by atomic mass is 9.83. The second-order valence-corrected chi connectivity index (χ2v) is 6.45. The Hall–Kier alpha value is -1.20. The van der Waals surface area contributed by atoms with Gasteiger partial charge in [0.2, 0.25) is 5.91 Å². The molecule has 1 heterocycles. The number of benzene rings is 1. The van der Waals surface area contributed by atoms with Crippen LogP contribution in [0.5, 0.6) is 0 Å². The largest absolute Gasteiger partial charge is 0.383 e. The van der Waals surface area contributed by atoms with Crippen LogP contribution in [-0.2, 0) is 9.53 Å². The van der Waals surface area contributed by atoms with Crippen LogP contribution in [0.1, 0.15) is 25.8 Å². The van der Waals surface area contributed by atoms with Gasteiger partial charge >= 0.3 is 0 Å². The maximum atomic E-state index is 12.3. The summed E-state index contributed by atoms with van der Waals surface area (Å²) in [5, 5.41) is 6.03. The van der Waals surface area contributed by atoms with E-state index in [1.54, 1.807) is 7.11 Å². The fourth-order valence-electron chi connectivity index (χ4n) is 2.20. The van der Waals surface area contributed by atoms with Crippen molar-refractivity contribution in [2.45, 2.75) is 20.3 Å². The second-order valence-electron chi connectivity index (χ2n) is 5.54. The van der Waals surface area contributed by atoms with E-state index in [1.165, 1.54) is 5.01 Å². The van der Waals surface area contributed by atoms with Gasteiger partial charge in [0.25, 0.3) is 0 Å². The van der Waals surface area contributed by atoms with Gasteiger partial charge in [0.15, 0.2) is 0 Å². The van der Waals surface area contributed by atoms with Crippen LogP contribution in [0.15, 0.2) is 33.8 Å². The molecular formula is C15H19BrN2O2. The van der Waals surface area contributed by atoms with Crippen molar-refractivity contribution in [2.75, 3.05) is 20.3 Å². The third-order valence-electron chi connectivity index (χ3n) is 3.35. The quantitative estimate of drug-likeness (QED) is 0.846. The van der Waals surface area contributed by atoms with Crippen molar-refractivity contribution >= 4 is 27.5 Å². The van der Waals surface area contributed by atoms with E-state index in [-0.39, 0.29) is 5.91 Å². The maximum Gasteiger partial charge on any atom is 0.248 e. The summed E-state index contributed by atoms with van der Waals surface area (Å²) in [7, 11) is 1.62. The number of rotatable bonds is 4. The van der Waals surface area contributed by atoms with Gasteiger partial charge in [-0.2, -0.15) is 5.10 Å². The van der Waals surface area contributed by atoms with E-state index in [1.807, 2.05) is 38.1 Å². The number of hydrazone groups is 1. The summed E-state index contributed by atoms with van der Waals surface area (Å²) in [6.07, 6.45) is 0.650. The molecule has 0 atom stereocenters. The molecule has 1 aliphatic rings. The maximum absolute atomic E-state index is 12.3. The van der Waals surface area contributed by atoms with Crippen molar-refractivity contribution in [3.05, 3.63) is 34.3 Å². The SMILES string of the molecule is COCCN1N=C(c2ccc(Br)cc2)CC(C)(C)C1=O. The molecule has 0 unspecified atom stereocenters. The van der Waals surface area contributed by atoms with Crippen LogP contribution in [0, 0.1) is 5.41 Å². The first kappa shape index (κ1) is 15.2. The number of halogens is 1. The van der Waals surface area contributed by atoms with Crippen molar-refractivity contribution < 1.29 is 9.53 Å². The molecule has 0 fully saturated rings. The van der Waals surface area contributed by atoms with Crippen molar-refractivity contribution in [2.24, 2.45) is 10.5 Å². The van der Waals surface area contributed by atoms with E-state index >= 15 is 0 Å². The lowest BCUT2D eigenvalue weighted by molar-refractivity contribution is -0.141. The fraction of sp³-hybridized carbons (Fsp3) is 0.467. The van der Waals surface area contributed by atoms with Crippen LogP contribution >= 0.6 is 15.9 Å². The Morgan fingerprint density at radius 2 is 2.00 bits per heavy atom. The van der Waals surface area contributed by atoms with Gasteiger partial charge < -0.3 is 4.74 Å². The molecule has 0 saturated heterocycles. The molecule has 0 saturated carbocycles. The first-order chi connectivity index (χ1) is 9.44. The van der Waals surface area contributed by atoms with Gasteiger partial charge in [-0.05, 0) is 17.7 Å². The molecule has 2 rings (SSSR count). The Labute approximate surface area is 127 Å². The Kier molecular flexibility index (Phi) is 4.60. The van der Waals surface area contributed by atoms with Gasteiger partial charge in [0, 0.05) is 18.0 Å². The first-order valence-electron chi connectivity index (χ1n) is 6.58. The van der Waals surface area contributed by atoms with Crippen LogP contribution < -0.4 is 0 Å². The van der Waals surface area contributed by atoms with Crippen LogP contribution in [0.4, 0.5) is 0 Å². The number of nitrogens with zero attached hydrogens (tertiary/aromatic N) is 2. The molecule has 4 nitrogen and oxygen atoms in total. The number of methoxy groups -OCH3 is 1. The third kappa shape index (κ3) is 3.27. The average molecular weight is 339 g/mol. The molecule has 0 spiro atoms. The molecular weight excluding hydrogens is 320 g/mol. The highest BCUT2D eigenvalue weighted by Crippen LogP contribution is 2.31. The summed E-state index contributed by atoms with van der Waals surface area (Å²) in [6, 6.07) is 8.01. The molecule has 1 amide bonds. The topological polar surface area (TPSA) is 41.9 Å². The lowest BCUT2D eigenvalue weighted by Gasteiger charge is -2.34. The lowest BCUT2D eigenvalue weighted by Crippen LogP contribution is -2.45. The standard InChI is InChI=1S/C15H19BrN2O2/c1-15(2)10-13(11-4-6-12(16)7-5-11)17-18(14(15)19)8-9-20-3/h4-7H,8-10H2,1-3H3. The zero-order chi connectivity index (χ0) is 14.8. The number of hydrogen-bond acceptors (Lipinski definition) is 3. The molecule has 20 heavy (non-hydrogen) atoms. The Morgan fingerprint density at radius 3 is 2.60 bits per heavy atom. The smallest absolute Gasteiger partial charge is 0.248 e. The Balaban J connectivity index is 2.31. The predicted octanol–water partition coefficient (Wildman–Crippen LogP) is 3.06. The number of ether oxygens (including phenoxy) is 1. The molecule has 1 aromatic carbocycles. The number of hydrogen-bond donors (Lipinski definition) is 0. The zero-order valence-electron chi connectivity index (χ0n) is 12.0. The highest BCUT2D eigenvalue weighted by atomic mass is 79.9. The number of amides is 1. The summed E-state index contributed by atoms with van der Waals surface area (Å²) >= 11 is 3.43. The van der Waals surface area contributed by atoms with E-state index in [0.717, 1.165) is 15.7 Å². The summed E-state index contributed by atoms with van der Waals surface area (Å²) in [5.41, 5.74) is 1.56. The van der Waals surface area contributed by atoms with E-state index in [9.17, 15) is 4.79 Å². The third-order valence-corrected chi connectivity index (χ3v) is 3.88. The Morgan fingerprint density at radius 1 is 1.35 bits per heavy atom. The van der Waals surface area contributed by atoms with E-state index in [4.69, 9.17) is 4.74 Å². The molecule has 0 N–H and O–H groups in total. The average Bonchev–Trinajstić information content (AvgIpc) is 2.41. The summed E-state index contributed by atoms with van der Waals surface area (Å²) in [6.45, 7) is 4.89. The molecule has 0 aliphatic carbocycles. The van der Waals surface area contributed by atoms with Crippen molar-refractivity contribution in [1.29, 1.82) is 0 Å². The van der Waals surface area contributed by atoms with E-state index in [2.05, 4.69) is 21.0 Å². The van der Waals surface area contributed by atoms with Crippen molar-refractivity contribution in [3.8, 4) is 0 Å². The van der Waals surface area contributed by atoms with Gasteiger partial charge in [0.1, 0.15) is 0 Å². The van der Waals surface area contributed by atoms with Crippen molar-refractivity contribution in [3.63, 3.8) is 0 Å². The summed E-state index contributed by atoms with van der Waals surface area (Å²) < 4.78 is 6.08. The zero-order valence-corrected chi connectivity index (χ0v) is 13.6.